The van der Waals surface area contributed by atoms with Gasteiger partial charge in [0.25, 0.3) is 5.91 Å². The van der Waals surface area contributed by atoms with E-state index in [1.165, 1.54) is 18.3 Å². The van der Waals surface area contributed by atoms with Gasteiger partial charge in [-0.15, -0.1) is 11.3 Å². The average Bonchev–Trinajstić information content (AvgIpc) is 3.08. The number of hydrogen-bond acceptors (Lipinski definition) is 4. The van der Waals surface area contributed by atoms with Gasteiger partial charge >= 0.3 is 5.97 Å². The Morgan fingerprint density at radius 2 is 2.10 bits per heavy atom. The summed E-state index contributed by atoms with van der Waals surface area (Å²) in [4.78, 5) is 34.2. The van der Waals surface area contributed by atoms with Gasteiger partial charge in [-0.05, 0) is 30.9 Å². The topological polar surface area (TPSA) is 95.5 Å². The number of carboxylic acid groups (broad SMARTS) is 1. The van der Waals surface area contributed by atoms with Crippen molar-refractivity contribution in [3.8, 4) is 0 Å². The fourth-order valence-electron chi connectivity index (χ4n) is 1.96. The molecule has 2 amide bonds. The van der Waals surface area contributed by atoms with Crippen LogP contribution in [0.1, 0.15) is 35.9 Å². The van der Waals surface area contributed by atoms with E-state index in [1.807, 2.05) is 0 Å². The lowest BCUT2D eigenvalue weighted by atomic mass is 10.1. The molecule has 1 aliphatic rings. The molecular formula is C13H16N2O4S. The molecule has 0 bridgehead atoms. The first-order valence-corrected chi connectivity index (χ1v) is 7.17. The molecule has 2 rings (SSSR count). The number of anilines is 1. The number of amides is 2. The molecule has 20 heavy (non-hydrogen) atoms. The molecule has 6 nitrogen and oxygen atoms in total. The summed E-state index contributed by atoms with van der Waals surface area (Å²) >= 11 is 1.17. The van der Waals surface area contributed by atoms with Crippen LogP contribution in [0.25, 0.3) is 0 Å². The Hall–Kier alpha value is -1.89. The number of carboxylic acids is 1. The molecule has 1 heterocycles. The van der Waals surface area contributed by atoms with Crippen molar-refractivity contribution in [3.63, 3.8) is 0 Å². The SMILES string of the molecule is CC(=O)Nc1ccc(C(=O)NC(CC(=O)O)C2CC2)s1. The minimum absolute atomic E-state index is 0.0552. The molecule has 7 heteroatoms. The summed E-state index contributed by atoms with van der Waals surface area (Å²) in [6.07, 6.45) is 1.86. The highest BCUT2D eigenvalue weighted by molar-refractivity contribution is 7.18. The molecule has 0 aromatic carbocycles. The summed E-state index contributed by atoms with van der Waals surface area (Å²) < 4.78 is 0. The molecule has 3 N–H and O–H groups in total. The third-order valence-electron chi connectivity index (χ3n) is 3.03. The van der Waals surface area contributed by atoms with Crippen LogP contribution in [0.4, 0.5) is 5.00 Å². The van der Waals surface area contributed by atoms with Gasteiger partial charge in [0.15, 0.2) is 0 Å². The molecule has 1 aromatic rings. The van der Waals surface area contributed by atoms with E-state index in [-0.39, 0.29) is 30.2 Å². The number of carbonyl (C=O) groups excluding carboxylic acids is 2. The highest BCUT2D eigenvalue weighted by Gasteiger charge is 2.34. The predicted octanol–water partition coefficient (Wildman–Crippen LogP) is 1.69. The number of hydrogen-bond donors (Lipinski definition) is 3. The maximum Gasteiger partial charge on any atom is 0.305 e. The van der Waals surface area contributed by atoms with E-state index in [9.17, 15) is 14.4 Å². The van der Waals surface area contributed by atoms with E-state index < -0.39 is 5.97 Å². The zero-order chi connectivity index (χ0) is 14.7. The Morgan fingerprint density at radius 3 is 2.65 bits per heavy atom. The van der Waals surface area contributed by atoms with Gasteiger partial charge in [-0.3, -0.25) is 14.4 Å². The second-order valence-electron chi connectivity index (χ2n) is 4.86. The van der Waals surface area contributed by atoms with E-state index >= 15 is 0 Å². The van der Waals surface area contributed by atoms with Crippen molar-refractivity contribution in [2.24, 2.45) is 5.92 Å². The van der Waals surface area contributed by atoms with E-state index in [0.717, 1.165) is 12.8 Å². The molecule has 1 unspecified atom stereocenters. The summed E-state index contributed by atoms with van der Waals surface area (Å²) in [5.74, 6) is -1.12. The van der Waals surface area contributed by atoms with E-state index in [0.29, 0.717) is 9.88 Å². The zero-order valence-electron chi connectivity index (χ0n) is 11.0. The van der Waals surface area contributed by atoms with Crippen LogP contribution in [0.5, 0.6) is 0 Å². The Balaban J connectivity index is 1.97. The lowest BCUT2D eigenvalue weighted by molar-refractivity contribution is -0.137. The van der Waals surface area contributed by atoms with Gasteiger partial charge in [0.2, 0.25) is 5.91 Å². The number of aliphatic carboxylic acids is 1. The molecule has 1 aliphatic carbocycles. The Bertz CT molecular complexity index is 536. The molecule has 108 valence electrons. The number of rotatable bonds is 6. The van der Waals surface area contributed by atoms with Crippen molar-refractivity contribution in [2.75, 3.05) is 5.32 Å². The van der Waals surface area contributed by atoms with Gasteiger partial charge in [0.05, 0.1) is 16.3 Å². The normalized spacial score (nSPS) is 15.4. The second-order valence-corrected chi connectivity index (χ2v) is 5.94. The van der Waals surface area contributed by atoms with Crippen molar-refractivity contribution in [1.82, 2.24) is 5.32 Å². The summed E-state index contributed by atoms with van der Waals surface area (Å²) in [7, 11) is 0. The third-order valence-corrected chi connectivity index (χ3v) is 4.03. The summed E-state index contributed by atoms with van der Waals surface area (Å²) in [6, 6.07) is 2.96. The van der Waals surface area contributed by atoms with Crippen molar-refractivity contribution >= 4 is 34.1 Å². The monoisotopic (exact) mass is 296 g/mol. The maximum atomic E-state index is 12.1. The van der Waals surface area contributed by atoms with Crippen molar-refractivity contribution in [1.29, 1.82) is 0 Å². The van der Waals surface area contributed by atoms with Crippen LogP contribution in [0.2, 0.25) is 0 Å². The molecule has 0 saturated heterocycles. The van der Waals surface area contributed by atoms with Crippen LogP contribution in [0.15, 0.2) is 12.1 Å². The highest BCUT2D eigenvalue weighted by atomic mass is 32.1. The molecular weight excluding hydrogens is 280 g/mol. The molecule has 1 aromatic heterocycles. The molecule has 1 fully saturated rings. The quantitative estimate of drug-likeness (QED) is 0.744. The summed E-state index contributed by atoms with van der Waals surface area (Å²) in [5, 5.41) is 14.8. The van der Waals surface area contributed by atoms with Crippen LogP contribution in [0, 0.1) is 5.92 Å². The van der Waals surface area contributed by atoms with Gasteiger partial charge in [0.1, 0.15) is 0 Å². The largest absolute Gasteiger partial charge is 0.481 e. The lowest BCUT2D eigenvalue weighted by Crippen LogP contribution is -2.37. The van der Waals surface area contributed by atoms with Crippen molar-refractivity contribution in [3.05, 3.63) is 17.0 Å². The minimum Gasteiger partial charge on any atom is -0.481 e. The molecule has 0 radical (unpaired) electrons. The molecule has 0 aliphatic heterocycles. The number of carbonyl (C=O) groups is 3. The Kier molecular flexibility index (Phi) is 4.39. The maximum absolute atomic E-state index is 12.1. The first-order chi connectivity index (χ1) is 9.45. The minimum atomic E-state index is -0.910. The third kappa shape index (κ3) is 4.06. The Labute approximate surface area is 120 Å². The summed E-state index contributed by atoms with van der Waals surface area (Å²) in [6.45, 7) is 1.40. The van der Waals surface area contributed by atoms with Gasteiger partial charge in [-0.1, -0.05) is 0 Å². The zero-order valence-corrected chi connectivity index (χ0v) is 11.8. The van der Waals surface area contributed by atoms with Crippen LogP contribution < -0.4 is 10.6 Å². The Morgan fingerprint density at radius 1 is 1.40 bits per heavy atom. The second kappa shape index (κ2) is 6.04. The van der Waals surface area contributed by atoms with Gasteiger partial charge in [-0.25, -0.2) is 0 Å². The van der Waals surface area contributed by atoms with Gasteiger partial charge in [0, 0.05) is 13.0 Å². The fraction of sp³-hybridized carbons (Fsp3) is 0.462. The summed E-state index contributed by atoms with van der Waals surface area (Å²) in [5.41, 5.74) is 0. The van der Waals surface area contributed by atoms with Gasteiger partial charge < -0.3 is 15.7 Å². The first-order valence-electron chi connectivity index (χ1n) is 6.36. The molecule has 1 atom stereocenters. The predicted molar refractivity (Wildman–Crippen MR) is 74.9 cm³/mol. The van der Waals surface area contributed by atoms with Crippen LogP contribution >= 0.6 is 11.3 Å². The van der Waals surface area contributed by atoms with Gasteiger partial charge in [-0.2, -0.15) is 0 Å². The van der Waals surface area contributed by atoms with E-state index in [4.69, 9.17) is 5.11 Å². The van der Waals surface area contributed by atoms with Crippen LogP contribution in [-0.2, 0) is 9.59 Å². The van der Waals surface area contributed by atoms with Crippen molar-refractivity contribution < 1.29 is 19.5 Å². The lowest BCUT2D eigenvalue weighted by Gasteiger charge is -2.15. The highest BCUT2D eigenvalue weighted by Crippen LogP contribution is 2.34. The smallest absolute Gasteiger partial charge is 0.305 e. The molecule has 0 spiro atoms. The average molecular weight is 296 g/mol. The number of thiophene rings is 1. The van der Waals surface area contributed by atoms with Crippen LogP contribution in [0.3, 0.4) is 0 Å². The first kappa shape index (κ1) is 14.5. The standard InChI is InChI=1S/C13H16N2O4S/c1-7(16)14-11-5-4-10(20-11)13(19)15-9(6-12(17)18)8-2-3-8/h4-5,8-9H,2-3,6H2,1H3,(H,14,16)(H,15,19)(H,17,18). The van der Waals surface area contributed by atoms with Crippen LogP contribution in [-0.4, -0.2) is 28.9 Å². The van der Waals surface area contributed by atoms with Crippen molar-refractivity contribution in [2.45, 2.75) is 32.2 Å². The van der Waals surface area contributed by atoms with E-state index in [2.05, 4.69) is 10.6 Å². The number of nitrogens with one attached hydrogen (secondary N) is 2. The van der Waals surface area contributed by atoms with E-state index in [1.54, 1.807) is 12.1 Å². The fourth-order valence-corrected chi connectivity index (χ4v) is 2.82. The molecule has 1 saturated carbocycles.